The molecule has 0 saturated heterocycles. The van der Waals surface area contributed by atoms with Crippen LogP contribution >= 0.6 is 46.0 Å². The number of para-hydroxylation sites is 1. The van der Waals surface area contributed by atoms with E-state index < -0.39 is 0 Å². The summed E-state index contributed by atoms with van der Waals surface area (Å²) in [7, 11) is 0. The average molecular weight is 486 g/mol. The SMILES string of the molecule is N#C/C(=C(\Nc1ccc(F)cc1)SCC(=O)c1ccc(Cl)s1)c1nc2ccccc2s1. The molecule has 0 atom stereocenters. The molecule has 0 unspecified atom stereocenters. The number of aromatic nitrogens is 1. The fourth-order valence-electron chi connectivity index (χ4n) is 2.68. The first-order valence-corrected chi connectivity index (χ1v) is 12.0. The number of ketones is 1. The van der Waals surface area contributed by atoms with Crippen molar-refractivity contribution in [3.05, 3.63) is 85.7 Å². The van der Waals surface area contributed by atoms with Gasteiger partial charge in [-0.2, -0.15) is 5.26 Å². The Morgan fingerprint density at radius 3 is 2.58 bits per heavy atom. The number of nitriles is 1. The van der Waals surface area contributed by atoms with Crippen molar-refractivity contribution in [3.63, 3.8) is 0 Å². The van der Waals surface area contributed by atoms with E-state index in [-0.39, 0.29) is 17.4 Å². The summed E-state index contributed by atoms with van der Waals surface area (Å²) in [5.74, 6) is -0.349. The molecular weight excluding hydrogens is 473 g/mol. The number of nitrogens with one attached hydrogen (secondary N) is 1. The number of thioether (sulfide) groups is 1. The summed E-state index contributed by atoms with van der Waals surface area (Å²) in [4.78, 5) is 17.7. The van der Waals surface area contributed by atoms with Crippen molar-refractivity contribution in [2.75, 3.05) is 11.1 Å². The summed E-state index contributed by atoms with van der Waals surface area (Å²) in [6.45, 7) is 0. The molecule has 2 heterocycles. The zero-order chi connectivity index (χ0) is 21.8. The topological polar surface area (TPSA) is 65.8 Å². The number of nitrogens with zero attached hydrogens (tertiary/aromatic N) is 2. The highest BCUT2D eigenvalue weighted by Crippen LogP contribution is 2.34. The minimum absolute atomic E-state index is 0.0955. The zero-order valence-electron chi connectivity index (χ0n) is 15.8. The van der Waals surface area contributed by atoms with Gasteiger partial charge in [-0.25, -0.2) is 9.37 Å². The quantitative estimate of drug-likeness (QED) is 0.224. The van der Waals surface area contributed by atoms with E-state index in [1.807, 2.05) is 24.3 Å². The molecule has 0 radical (unpaired) electrons. The summed E-state index contributed by atoms with van der Waals surface area (Å²) in [6.07, 6.45) is 0. The monoisotopic (exact) mass is 485 g/mol. The van der Waals surface area contributed by atoms with Crippen LogP contribution in [-0.4, -0.2) is 16.5 Å². The van der Waals surface area contributed by atoms with Gasteiger partial charge in [0.15, 0.2) is 5.78 Å². The molecule has 4 aromatic rings. The maximum Gasteiger partial charge on any atom is 0.183 e. The van der Waals surface area contributed by atoms with Crippen LogP contribution in [-0.2, 0) is 0 Å². The molecule has 1 N–H and O–H groups in total. The van der Waals surface area contributed by atoms with Crippen molar-refractivity contribution >= 4 is 73.3 Å². The lowest BCUT2D eigenvalue weighted by Gasteiger charge is -2.12. The Kier molecular flexibility index (Phi) is 6.68. The maximum absolute atomic E-state index is 13.3. The van der Waals surface area contributed by atoms with Crippen LogP contribution in [0.25, 0.3) is 15.8 Å². The molecule has 0 saturated carbocycles. The number of thiophene rings is 1. The minimum atomic E-state index is -0.361. The second-order valence-electron chi connectivity index (χ2n) is 6.25. The van der Waals surface area contributed by atoms with Gasteiger partial charge in [0.05, 0.1) is 30.2 Å². The van der Waals surface area contributed by atoms with Crippen LogP contribution in [0.3, 0.4) is 0 Å². The molecule has 9 heteroatoms. The lowest BCUT2D eigenvalue weighted by Crippen LogP contribution is -2.05. The number of anilines is 1. The second kappa shape index (κ2) is 9.62. The van der Waals surface area contributed by atoms with Gasteiger partial charge < -0.3 is 5.32 Å². The Morgan fingerprint density at radius 2 is 1.90 bits per heavy atom. The van der Waals surface area contributed by atoms with E-state index in [0.29, 0.717) is 30.5 Å². The van der Waals surface area contributed by atoms with Gasteiger partial charge in [-0.15, -0.1) is 22.7 Å². The predicted molar refractivity (Wildman–Crippen MR) is 128 cm³/mol. The number of Topliss-reactive ketones (excluding diaryl/α,β-unsaturated/α-hetero) is 1. The van der Waals surface area contributed by atoms with E-state index in [9.17, 15) is 14.4 Å². The van der Waals surface area contributed by atoms with E-state index in [0.717, 1.165) is 10.2 Å². The molecule has 4 nitrogen and oxygen atoms in total. The smallest absolute Gasteiger partial charge is 0.183 e. The van der Waals surface area contributed by atoms with Crippen molar-refractivity contribution in [1.82, 2.24) is 4.98 Å². The van der Waals surface area contributed by atoms with Gasteiger partial charge in [0.2, 0.25) is 0 Å². The zero-order valence-corrected chi connectivity index (χ0v) is 19.0. The number of hydrogen-bond acceptors (Lipinski definition) is 7. The summed E-state index contributed by atoms with van der Waals surface area (Å²) in [5.41, 5.74) is 1.72. The maximum atomic E-state index is 13.3. The van der Waals surface area contributed by atoms with Gasteiger partial charge in [0, 0.05) is 5.69 Å². The van der Waals surface area contributed by atoms with Crippen LogP contribution in [0, 0.1) is 17.1 Å². The summed E-state index contributed by atoms with van der Waals surface area (Å²) >= 11 is 9.76. The van der Waals surface area contributed by atoms with Gasteiger partial charge in [0.1, 0.15) is 22.5 Å². The molecule has 0 fully saturated rings. The Hall–Kier alpha value is -2.70. The molecule has 0 aliphatic rings. The molecule has 0 aliphatic carbocycles. The van der Waals surface area contributed by atoms with Crippen LogP contribution in [0.15, 0.2) is 65.7 Å². The number of benzene rings is 2. The van der Waals surface area contributed by atoms with Crippen molar-refractivity contribution in [1.29, 1.82) is 5.26 Å². The first kappa shape index (κ1) is 21.5. The Morgan fingerprint density at radius 1 is 1.13 bits per heavy atom. The largest absolute Gasteiger partial charge is 0.349 e. The molecule has 2 aromatic heterocycles. The van der Waals surface area contributed by atoms with E-state index in [1.54, 1.807) is 24.3 Å². The highest BCUT2D eigenvalue weighted by Gasteiger charge is 2.18. The van der Waals surface area contributed by atoms with Crippen molar-refractivity contribution in [2.45, 2.75) is 0 Å². The molecule has 2 aromatic carbocycles. The molecule has 154 valence electrons. The van der Waals surface area contributed by atoms with E-state index in [1.165, 1.54) is 46.6 Å². The molecule has 4 rings (SSSR count). The Balaban J connectivity index is 1.69. The number of hydrogen-bond donors (Lipinski definition) is 1. The summed E-state index contributed by atoms with van der Waals surface area (Å²) < 4.78 is 14.8. The van der Waals surface area contributed by atoms with Crippen LogP contribution in [0.4, 0.5) is 10.1 Å². The molecule has 0 aliphatic heterocycles. The summed E-state index contributed by atoms with van der Waals surface area (Å²) in [5, 5.41) is 14.1. The normalized spacial score (nSPS) is 11.8. The fraction of sp³-hybridized carbons (Fsp3) is 0.0455. The third-order valence-electron chi connectivity index (χ3n) is 4.14. The first-order chi connectivity index (χ1) is 15.0. The average Bonchev–Trinajstić information content (AvgIpc) is 3.40. The van der Waals surface area contributed by atoms with Crippen molar-refractivity contribution in [3.8, 4) is 6.07 Å². The lowest BCUT2D eigenvalue weighted by atomic mass is 10.3. The standard InChI is InChI=1S/C22H13ClFN3OS3/c23-20-10-9-19(30-20)17(28)12-29-21(26-14-7-5-13(24)6-8-14)15(11-25)22-27-16-3-1-2-4-18(16)31-22/h1-10,26H,12H2/b21-15-. The molecule has 0 amide bonds. The van der Waals surface area contributed by atoms with Gasteiger partial charge in [0.25, 0.3) is 0 Å². The highest BCUT2D eigenvalue weighted by molar-refractivity contribution is 8.04. The number of allylic oxidation sites excluding steroid dienone is 1. The van der Waals surface area contributed by atoms with Crippen LogP contribution in [0.5, 0.6) is 0 Å². The summed E-state index contributed by atoms with van der Waals surface area (Å²) in [6, 6.07) is 19.0. The molecular formula is C22H13ClFN3OS3. The third kappa shape index (κ3) is 5.14. The van der Waals surface area contributed by atoms with Gasteiger partial charge >= 0.3 is 0 Å². The molecule has 0 spiro atoms. The van der Waals surface area contributed by atoms with E-state index in [4.69, 9.17) is 11.6 Å². The second-order valence-corrected chi connectivity index (χ2v) is 9.98. The number of halogens is 2. The van der Waals surface area contributed by atoms with E-state index >= 15 is 0 Å². The fourth-order valence-corrected chi connectivity index (χ4v) is 5.69. The van der Waals surface area contributed by atoms with Crippen molar-refractivity contribution in [2.24, 2.45) is 0 Å². The lowest BCUT2D eigenvalue weighted by molar-refractivity contribution is 0.102. The van der Waals surface area contributed by atoms with Gasteiger partial charge in [-0.1, -0.05) is 35.5 Å². The number of thiazole rings is 1. The number of carbonyl (C=O) groups excluding carboxylic acids is 1. The predicted octanol–water partition coefficient (Wildman–Crippen LogP) is 7.07. The Labute approximate surface area is 195 Å². The number of fused-ring (bicyclic) bond motifs is 1. The first-order valence-electron chi connectivity index (χ1n) is 8.98. The minimum Gasteiger partial charge on any atom is -0.349 e. The highest BCUT2D eigenvalue weighted by atomic mass is 35.5. The van der Waals surface area contributed by atoms with Crippen molar-refractivity contribution < 1.29 is 9.18 Å². The van der Waals surface area contributed by atoms with Gasteiger partial charge in [-0.3, -0.25) is 4.79 Å². The number of rotatable bonds is 7. The third-order valence-corrected chi connectivity index (χ3v) is 7.47. The van der Waals surface area contributed by atoms with Crippen LogP contribution in [0.1, 0.15) is 14.7 Å². The van der Waals surface area contributed by atoms with Crippen LogP contribution < -0.4 is 5.32 Å². The van der Waals surface area contributed by atoms with Crippen LogP contribution in [0.2, 0.25) is 4.34 Å². The molecule has 0 bridgehead atoms. The van der Waals surface area contributed by atoms with E-state index in [2.05, 4.69) is 16.4 Å². The number of carbonyl (C=O) groups is 1. The van der Waals surface area contributed by atoms with Gasteiger partial charge in [-0.05, 0) is 48.5 Å². The molecule has 31 heavy (non-hydrogen) atoms. The Bertz CT molecular complexity index is 1290.